The van der Waals surface area contributed by atoms with Gasteiger partial charge in [0, 0.05) is 11.3 Å². The number of aliphatic hydroxyl groups is 2. The summed E-state index contributed by atoms with van der Waals surface area (Å²) in [6.45, 7) is 4.86. The van der Waals surface area contributed by atoms with E-state index in [-0.39, 0.29) is 12.6 Å². The molecule has 0 aliphatic carbocycles. The van der Waals surface area contributed by atoms with Crippen LogP contribution in [0.15, 0.2) is 12.1 Å². The monoisotopic (exact) mass is 365 g/mol. The van der Waals surface area contributed by atoms with Crippen LogP contribution in [-0.4, -0.2) is 29.4 Å². The van der Waals surface area contributed by atoms with Crippen molar-refractivity contribution < 1.29 is 10.2 Å². The minimum atomic E-state index is -0.682. The van der Waals surface area contributed by atoms with Gasteiger partial charge in [-0.1, -0.05) is 70.6 Å². The zero-order valence-corrected chi connectivity index (χ0v) is 16.7. The summed E-state index contributed by atoms with van der Waals surface area (Å²) in [7, 11) is 0. The summed E-state index contributed by atoms with van der Waals surface area (Å²) in [4.78, 5) is 1.85. The summed E-state index contributed by atoms with van der Waals surface area (Å²) in [5, 5.41) is 22.8. The molecule has 0 aliphatic heterocycles. The van der Waals surface area contributed by atoms with E-state index in [0.29, 0.717) is 0 Å². The molecule has 25 heavy (non-hydrogen) atoms. The van der Waals surface area contributed by atoms with Gasteiger partial charge in [-0.05, 0) is 25.1 Å². The fourth-order valence-electron chi connectivity index (χ4n) is 2.81. The van der Waals surface area contributed by atoms with Gasteiger partial charge in [-0.25, -0.2) is 0 Å². The van der Waals surface area contributed by atoms with Crippen LogP contribution in [0.1, 0.15) is 87.5 Å². The number of aliphatic hydroxyl groups excluding tert-OH is 2. The standard InChI is InChI=1S/C21H35NO2S/c1-3-5-6-7-8-9-10-11-12-13-14-18-15-16-20(25-18)21(24)19(17-23)22-4-2/h15-16,19,21-24H,3-12,17H2,1-2H3. The van der Waals surface area contributed by atoms with Crippen molar-refractivity contribution in [3.63, 3.8) is 0 Å². The Balaban J connectivity index is 2.26. The largest absolute Gasteiger partial charge is 0.395 e. The lowest BCUT2D eigenvalue weighted by Crippen LogP contribution is -2.37. The van der Waals surface area contributed by atoms with E-state index in [4.69, 9.17) is 0 Å². The van der Waals surface area contributed by atoms with Gasteiger partial charge in [-0.15, -0.1) is 11.3 Å². The maximum Gasteiger partial charge on any atom is 0.106 e. The van der Waals surface area contributed by atoms with E-state index in [2.05, 4.69) is 24.1 Å². The summed E-state index contributed by atoms with van der Waals surface area (Å²) < 4.78 is 0. The lowest BCUT2D eigenvalue weighted by Gasteiger charge is -2.20. The molecule has 1 aromatic heterocycles. The first-order valence-corrected chi connectivity index (χ1v) is 10.7. The van der Waals surface area contributed by atoms with Crippen molar-refractivity contribution in [1.82, 2.24) is 5.32 Å². The Hall–Kier alpha value is -0.860. The molecule has 0 amide bonds. The number of hydrogen-bond donors (Lipinski definition) is 3. The maximum absolute atomic E-state index is 10.3. The Bertz CT molecular complexity index is 503. The molecule has 0 radical (unpaired) electrons. The van der Waals surface area contributed by atoms with Crippen LogP contribution in [0.4, 0.5) is 0 Å². The van der Waals surface area contributed by atoms with Gasteiger partial charge >= 0.3 is 0 Å². The van der Waals surface area contributed by atoms with Gasteiger partial charge in [0.2, 0.25) is 0 Å². The Morgan fingerprint density at radius 2 is 1.72 bits per heavy atom. The van der Waals surface area contributed by atoms with Gasteiger partial charge in [0.15, 0.2) is 0 Å². The molecule has 1 heterocycles. The van der Waals surface area contributed by atoms with E-state index < -0.39 is 6.10 Å². The van der Waals surface area contributed by atoms with Crippen molar-refractivity contribution in [2.24, 2.45) is 0 Å². The van der Waals surface area contributed by atoms with Gasteiger partial charge in [0.1, 0.15) is 6.10 Å². The number of unbranched alkanes of at least 4 members (excludes halogenated alkanes) is 8. The third-order valence-electron chi connectivity index (χ3n) is 4.33. The molecule has 0 aliphatic rings. The smallest absolute Gasteiger partial charge is 0.106 e. The van der Waals surface area contributed by atoms with E-state index in [1.54, 1.807) is 0 Å². The quantitative estimate of drug-likeness (QED) is 0.353. The zero-order valence-electron chi connectivity index (χ0n) is 15.9. The van der Waals surface area contributed by atoms with E-state index in [0.717, 1.165) is 22.7 Å². The van der Waals surface area contributed by atoms with Gasteiger partial charge in [-0.3, -0.25) is 0 Å². The number of rotatable bonds is 13. The van der Waals surface area contributed by atoms with Crippen molar-refractivity contribution in [2.45, 2.75) is 83.8 Å². The van der Waals surface area contributed by atoms with Gasteiger partial charge in [0.25, 0.3) is 0 Å². The van der Waals surface area contributed by atoms with Gasteiger partial charge < -0.3 is 15.5 Å². The SMILES string of the molecule is CCCCCCCCCCC#Cc1ccc(C(O)C(CO)NCC)s1. The highest BCUT2D eigenvalue weighted by Gasteiger charge is 2.20. The molecule has 0 saturated carbocycles. The Morgan fingerprint density at radius 3 is 2.36 bits per heavy atom. The normalized spacial score (nSPS) is 13.3. The molecule has 4 heteroatoms. The van der Waals surface area contributed by atoms with Gasteiger partial charge in [0.05, 0.1) is 17.5 Å². The second-order valence-electron chi connectivity index (χ2n) is 6.52. The number of thiophene rings is 1. The Kier molecular flexibility index (Phi) is 12.7. The first-order chi connectivity index (χ1) is 12.2. The molecule has 2 atom stereocenters. The van der Waals surface area contributed by atoms with Crippen molar-refractivity contribution in [2.75, 3.05) is 13.2 Å². The van der Waals surface area contributed by atoms with E-state index in [1.807, 2.05) is 19.1 Å². The Labute approximate surface area is 157 Å². The lowest BCUT2D eigenvalue weighted by atomic mass is 10.1. The first kappa shape index (κ1) is 22.2. The predicted octanol–water partition coefficient (Wildman–Crippen LogP) is 4.63. The van der Waals surface area contributed by atoms with Crippen LogP contribution in [0, 0.1) is 11.8 Å². The fourth-order valence-corrected chi connectivity index (χ4v) is 3.75. The highest BCUT2D eigenvalue weighted by Crippen LogP contribution is 2.25. The van der Waals surface area contributed by atoms with Crippen LogP contribution in [0.3, 0.4) is 0 Å². The predicted molar refractivity (Wildman–Crippen MR) is 108 cm³/mol. The summed E-state index contributed by atoms with van der Waals surface area (Å²) in [6.07, 6.45) is 10.8. The minimum Gasteiger partial charge on any atom is -0.395 e. The minimum absolute atomic E-state index is 0.0770. The Morgan fingerprint density at radius 1 is 1.04 bits per heavy atom. The van der Waals surface area contributed by atoms with Gasteiger partial charge in [-0.2, -0.15) is 0 Å². The molecule has 0 bridgehead atoms. The molecule has 2 unspecified atom stereocenters. The summed E-state index contributed by atoms with van der Waals surface area (Å²) in [5.41, 5.74) is 0. The third-order valence-corrected chi connectivity index (χ3v) is 5.40. The third kappa shape index (κ3) is 9.42. The molecule has 0 aromatic carbocycles. The molecule has 1 rings (SSSR count). The van der Waals surface area contributed by atoms with Crippen LogP contribution >= 0.6 is 11.3 Å². The van der Waals surface area contributed by atoms with Crippen LogP contribution in [0.5, 0.6) is 0 Å². The van der Waals surface area contributed by atoms with E-state index in [9.17, 15) is 10.2 Å². The number of hydrogen-bond acceptors (Lipinski definition) is 4. The molecule has 0 spiro atoms. The second kappa shape index (κ2) is 14.3. The number of likely N-dealkylation sites (N-methyl/N-ethyl adjacent to an activating group) is 1. The summed E-state index contributed by atoms with van der Waals surface area (Å²) in [6, 6.07) is 3.56. The van der Waals surface area contributed by atoms with Crippen molar-refractivity contribution in [3.05, 3.63) is 21.9 Å². The molecular formula is C21H35NO2S. The average Bonchev–Trinajstić information content (AvgIpc) is 3.09. The topological polar surface area (TPSA) is 52.5 Å². The fraction of sp³-hybridized carbons (Fsp3) is 0.714. The number of nitrogens with one attached hydrogen (secondary N) is 1. The molecule has 3 N–H and O–H groups in total. The highest BCUT2D eigenvalue weighted by molar-refractivity contribution is 7.12. The van der Waals surface area contributed by atoms with Crippen molar-refractivity contribution in [1.29, 1.82) is 0 Å². The van der Waals surface area contributed by atoms with Crippen molar-refractivity contribution in [3.8, 4) is 11.8 Å². The zero-order chi connectivity index (χ0) is 18.3. The first-order valence-electron chi connectivity index (χ1n) is 9.83. The molecule has 142 valence electrons. The summed E-state index contributed by atoms with van der Waals surface area (Å²) in [5.74, 6) is 6.45. The van der Waals surface area contributed by atoms with Crippen LogP contribution in [0.25, 0.3) is 0 Å². The van der Waals surface area contributed by atoms with E-state index in [1.165, 1.54) is 62.7 Å². The maximum atomic E-state index is 10.3. The molecule has 3 nitrogen and oxygen atoms in total. The van der Waals surface area contributed by atoms with Crippen LogP contribution in [-0.2, 0) is 0 Å². The molecular weight excluding hydrogens is 330 g/mol. The molecule has 0 saturated heterocycles. The van der Waals surface area contributed by atoms with Crippen molar-refractivity contribution >= 4 is 11.3 Å². The summed E-state index contributed by atoms with van der Waals surface area (Å²) >= 11 is 1.52. The van der Waals surface area contributed by atoms with Crippen LogP contribution in [0.2, 0.25) is 0 Å². The van der Waals surface area contributed by atoms with Crippen LogP contribution < -0.4 is 5.32 Å². The molecule has 1 aromatic rings. The average molecular weight is 366 g/mol. The second-order valence-corrected chi connectivity index (χ2v) is 7.64. The lowest BCUT2D eigenvalue weighted by molar-refractivity contribution is 0.0937. The highest BCUT2D eigenvalue weighted by atomic mass is 32.1. The molecule has 0 fully saturated rings. The van der Waals surface area contributed by atoms with E-state index >= 15 is 0 Å².